The van der Waals surface area contributed by atoms with Crippen LogP contribution >= 0.6 is 0 Å². The number of rotatable bonds is 5. The second-order valence-electron chi connectivity index (χ2n) is 6.47. The molecule has 1 unspecified atom stereocenters. The van der Waals surface area contributed by atoms with E-state index in [1.807, 2.05) is 16.9 Å². The summed E-state index contributed by atoms with van der Waals surface area (Å²) in [5.74, 6) is 1.66. The standard InChI is InChI=1S/C15H21N5O2/c21-13-8-10(9-20-6-2-5-16-20)7-12(13)17-15-18-14(19-22-15)11-3-1-4-11/h2,5-6,10-13,21H,1,3-4,7-9H2,(H,17,18,19)/t10?,12-,13-/m1/s1. The summed E-state index contributed by atoms with van der Waals surface area (Å²) in [5, 5.41) is 21.7. The molecule has 2 aromatic rings. The molecular formula is C15H21N5O2. The molecule has 4 rings (SSSR count). The Bertz CT molecular complexity index is 607. The van der Waals surface area contributed by atoms with E-state index in [1.54, 1.807) is 6.20 Å². The summed E-state index contributed by atoms with van der Waals surface area (Å²) in [4.78, 5) is 4.41. The molecule has 7 heteroatoms. The van der Waals surface area contributed by atoms with Crippen molar-refractivity contribution in [2.75, 3.05) is 5.32 Å². The van der Waals surface area contributed by atoms with E-state index in [1.165, 1.54) is 6.42 Å². The Morgan fingerprint density at radius 3 is 3.00 bits per heavy atom. The van der Waals surface area contributed by atoms with Crippen LogP contribution in [0.4, 0.5) is 6.01 Å². The molecular weight excluding hydrogens is 282 g/mol. The summed E-state index contributed by atoms with van der Waals surface area (Å²) in [5.41, 5.74) is 0. The minimum Gasteiger partial charge on any atom is -0.391 e. The van der Waals surface area contributed by atoms with Gasteiger partial charge in [-0.1, -0.05) is 11.6 Å². The average molecular weight is 303 g/mol. The van der Waals surface area contributed by atoms with Gasteiger partial charge < -0.3 is 14.9 Å². The summed E-state index contributed by atoms with van der Waals surface area (Å²) < 4.78 is 7.19. The molecule has 2 heterocycles. The molecule has 0 spiro atoms. The van der Waals surface area contributed by atoms with E-state index in [2.05, 4.69) is 20.6 Å². The lowest BCUT2D eigenvalue weighted by molar-refractivity contribution is 0.164. The van der Waals surface area contributed by atoms with E-state index in [0.717, 1.165) is 38.1 Å². The highest BCUT2D eigenvalue weighted by Gasteiger charge is 2.34. The first-order chi connectivity index (χ1) is 10.8. The van der Waals surface area contributed by atoms with Gasteiger partial charge in [-0.3, -0.25) is 4.68 Å². The Morgan fingerprint density at radius 2 is 2.27 bits per heavy atom. The molecule has 0 bridgehead atoms. The van der Waals surface area contributed by atoms with Crippen molar-refractivity contribution in [3.05, 3.63) is 24.3 Å². The molecule has 0 saturated heterocycles. The van der Waals surface area contributed by atoms with Crippen LogP contribution in [0.25, 0.3) is 0 Å². The molecule has 3 atom stereocenters. The highest BCUT2D eigenvalue weighted by Crippen LogP contribution is 2.35. The van der Waals surface area contributed by atoms with E-state index in [4.69, 9.17) is 4.52 Å². The van der Waals surface area contributed by atoms with Gasteiger partial charge >= 0.3 is 6.01 Å². The Kier molecular flexibility index (Phi) is 3.57. The molecule has 22 heavy (non-hydrogen) atoms. The molecule has 118 valence electrons. The second kappa shape index (κ2) is 5.72. The van der Waals surface area contributed by atoms with Crippen LogP contribution in [0.2, 0.25) is 0 Å². The first-order valence-corrected chi connectivity index (χ1v) is 8.03. The van der Waals surface area contributed by atoms with Crippen LogP contribution in [0.5, 0.6) is 0 Å². The van der Waals surface area contributed by atoms with Gasteiger partial charge in [0.25, 0.3) is 0 Å². The van der Waals surface area contributed by atoms with Crippen molar-refractivity contribution in [2.45, 2.75) is 56.7 Å². The predicted molar refractivity (Wildman–Crippen MR) is 79.3 cm³/mol. The van der Waals surface area contributed by atoms with Gasteiger partial charge in [0.15, 0.2) is 5.82 Å². The SMILES string of the molecule is O[C@@H]1CC(Cn2cccn2)C[C@H]1Nc1nc(C2CCC2)no1. The maximum Gasteiger partial charge on any atom is 0.321 e. The number of nitrogens with zero attached hydrogens (tertiary/aromatic N) is 4. The van der Waals surface area contributed by atoms with Gasteiger partial charge in [-0.15, -0.1) is 0 Å². The number of aromatic nitrogens is 4. The third-order valence-corrected chi connectivity index (χ3v) is 4.85. The van der Waals surface area contributed by atoms with Crippen LogP contribution in [0.3, 0.4) is 0 Å². The third kappa shape index (κ3) is 2.72. The first kappa shape index (κ1) is 13.8. The highest BCUT2D eigenvalue weighted by molar-refractivity contribution is 5.23. The molecule has 2 aromatic heterocycles. The quantitative estimate of drug-likeness (QED) is 0.875. The van der Waals surface area contributed by atoms with Crippen molar-refractivity contribution in [3.8, 4) is 0 Å². The summed E-state index contributed by atoms with van der Waals surface area (Å²) in [6.07, 6.45) is 8.53. The maximum atomic E-state index is 10.2. The van der Waals surface area contributed by atoms with E-state index >= 15 is 0 Å². The van der Waals surface area contributed by atoms with Gasteiger partial charge in [0.05, 0.1) is 12.1 Å². The summed E-state index contributed by atoms with van der Waals surface area (Å²) >= 11 is 0. The van der Waals surface area contributed by atoms with Crippen molar-refractivity contribution in [1.29, 1.82) is 0 Å². The van der Waals surface area contributed by atoms with Gasteiger partial charge in [0, 0.05) is 24.9 Å². The molecule has 0 radical (unpaired) electrons. The Morgan fingerprint density at radius 1 is 1.36 bits per heavy atom. The molecule has 2 fully saturated rings. The molecule has 2 N–H and O–H groups in total. The Hall–Kier alpha value is -1.89. The fraction of sp³-hybridized carbons (Fsp3) is 0.667. The number of anilines is 1. The fourth-order valence-electron chi connectivity index (χ4n) is 3.38. The fourth-order valence-corrected chi connectivity index (χ4v) is 3.38. The van der Waals surface area contributed by atoms with Gasteiger partial charge in [0.1, 0.15) is 0 Å². The highest BCUT2D eigenvalue weighted by atomic mass is 16.5. The molecule has 0 amide bonds. The van der Waals surface area contributed by atoms with Crippen molar-refractivity contribution in [1.82, 2.24) is 19.9 Å². The second-order valence-corrected chi connectivity index (χ2v) is 6.47. The zero-order valence-electron chi connectivity index (χ0n) is 12.4. The Balaban J connectivity index is 1.35. The van der Waals surface area contributed by atoms with Crippen molar-refractivity contribution < 1.29 is 9.63 Å². The van der Waals surface area contributed by atoms with Crippen LogP contribution < -0.4 is 5.32 Å². The van der Waals surface area contributed by atoms with Crippen LogP contribution in [-0.4, -0.2) is 37.2 Å². The van der Waals surface area contributed by atoms with Gasteiger partial charge in [-0.05, 0) is 37.7 Å². The number of nitrogens with one attached hydrogen (secondary N) is 1. The molecule has 2 saturated carbocycles. The van der Waals surface area contributed by atoms with Crippen LogP contribution in [0.1, 0.15) is 43.8 Å². The lowest BCUT2D eigenvalue weighted by atomic mass is 9.85. The van der Waals surface area contributed by atoms with E-state index < -0.39 is 0 Å². The largest absolute Gasteiger partial charge is 0.391 e. The summed E-state index contributed by atoms with van der Waals surface area (Å²) in [7, 11) is 0. The summed E-state index contributed by atoms with van der Waals surface area (Å²) in [6, 6.07) is 2.32. The topological polar surface area (TPSA) is 89.0 Å². The van der Waals surface area contributed by atoms with Gasteiger partial charge in [0.2, 0.25) is 0 Å². The average Bonchev–Trinajstić information content (AvgIpc) is 3.13. The minimum absolute atomic E-state index is 0.0322. The maximum absolute atomic E-state index is 10.2. The van der Waals surface area contributed by atoms with Crippen molar-refractivity contribution in [3.63, 3.8) is 0 Å². The monoisotopic (exact) mass is 303 g/mol. The molecule has 0 aliphatic heterocycles. The smallest absolute Gasteiger partial charge is 0.321 e. The molecule has 2 aliphatic rings. The van der Waals surface area contributed by atoms with Crippen molar-refractivity contribution in [2.24, 2.45) is 5.92 Å². The summed E-state index contributed by atoms with van der Waals surface area (Å²) in [6.45, 7) is 0.833. The number of aliphatic hydroxyl groups is 1. The minimum atomic E-state index is -0.389. The van der Waals surface area contributed by atoms with Crippen LogP contribution in [0.15, 0.2) is 23.0 Å². The normalized spacial score (nSPS) is 28.7. The zero-order valence-corrected chi connectivity index (χ0v) is 12.4. The van der Waals surface area contributed by atoms with Gasteiger partial charge in [-0.2, -0.15) is 10.1 Å². The van der Waals surface area contributed by atoms with E-state index in [-0.39, 0.29) is 12.1 Å². The van der Waals surface area contributed by atoms with Gasteiger partial charge in [-0.25, -0.2) is 0 Å². The lowest BCUT2D eigenvalue weighted by Gasteiger charge is -2.21. The molecule has 0 aromatic carbocycles. The molecule has 2 aliphatic carbocycles. The first-order valence-electron chi connectivity index (χ1n) is 8.03. The number of aliphatic hydroxyl groups excluding tert-OH is 1. The Labute approximate surface area is 128 Å². The number of hydrogen-bond donors (Lipinski definition) is 2. The molecule has 7 nitrogen and oxygen atoms in total. The van der Waals surface area contributed by atoms with E-state index in [0.29, 0.717) is 17.9 Å². The third-order valence-electron chi connectivity index (χ3n) is 4.85. The number of hydrogen-bond acceptors (Lipinski definition) is 6. The predicted octanol–water partition coefficient (Wildman–Crippen LogP) is 1.79. The lowest BCUT2D eigenvalue weighted by Crippen LogP contribution is -2.28. The van der Waals surface area contributed by atoms with Crippen LogP contribution in [-0.2, 0) is 6.54 Å². The van der Waals surface area contributed by atoms with Crippen molar-refractivity contribution >= 4 is 6.01 Å². The zero-order chi connectivity index (χ0) is 14.9. The van der Waals surface area contributed by atoms with E-state index in [9.17, 15) is 5.11 Å². The van der Waals surface area contributed by atoms with Crippen LogP contribution in [0, 0.1) is 5.92 Å².